The fraction of sp³-hybridized carbons (Fsp3) is 0.650. The molecule has 0 aliphatic carbocycles. The van der Waals surface area contributed by atoms with Gasteiger partial charge in [-0.05, 0) is 43.9 Å². The molecule has 0 amide bonds. The highest BCUT2D eigenvalue weighted by atomic mass is 127. The van der Waals surface area contributed by atoms with Crippen LogP contribution in [0.15, 0.2) is 29.3 Å². The number of methoxy groups -OCH3 is 1. The van der Waals surface area contributed by atoms with Crippen molar-refractivity contribution in [2.24, 2.45) is 4.99 Å². The number of hydrogen-bond donors (Lipinski definition) is 2. The van der Waals surface area contributed by atoms with Crippen LogP contribution in [-0.4, -0.2) is 59.6 Å². The lowest BCUT2D eigenvalue weighted by Gasteiger charge is -2.38. The van der Waals surface area contributed by atoms with Gasteiger partial charge in [0.15, 0.2) is 5.96 Å². The molecule has 1 saturated heterocycles. The zero-order chi connectivity index (χ0) is 18.7. The Labute approximate surface area is 180 Å². The van der Waals surface area contributed by atoms with Crippen molar-refractivity contribution in [3.63, 3.8) is 0 Å². The fourth-order valence-electron chi connectivity index (χ4n) is 3.27. The summed E-state index contributed by atoms with van der Waals surface area (Å²) < 4.78 is 16.3. The first-order chi connectivity index (χ1) is 12.7. The fourth-order valence-corrected chi connectivity index (χ4v) is 3.27. The molecule has 1 aliphatic rings. The van der Waals surface area contributed by atoms with Crippen molar-refractivity contribution in [3.05, 3.63) is 29.8 Å². The first-order valence-electron chi connectivity index (χ1n) is 9.48. The number of guanidine groups is 1. The van der Waals surface area contributed by atoms with Gasteiger partial charge < -0.3 is 24.8 Å². The number of aliphatic imine (C=N–C) groups is 1. The smallest absolute Gasteiger partial charge is 0.191 e. The molecule has 0 aromatic heterocycles. The Hall–Kier alpha value is -1.06. The lowest BCUT2D eigenvalue weighted by atomic mass is 9.74. The van der Waals surface area contributed by atoms with Gasteiger partial charge in [0.1, 0.15) is 5.75 Å². The van der Waals surface area contributed by atoms with Crippen molar-refractivity contribution in [2.75, 3.05) is 53.7 Å². The van der Waals surface area contributed by atoms with Crippen LogP contribution < -0.4 is 15.4 Å². The molecule has 0 radical (unpaired) electrons. The van der Waals surface area contributed by atoms with Crippen LogP contribution in [0.3, 0.4) is 0 Å². The van der Waals surface area contributed by atoms with Crippen molar-refractivity contribution >= 4 is 29.9 Å². The zero-order valence-corrected chi connectivity index (χ0v) is 19.1. The molecule has 1 fully saturated rings. The van der Waals surface area contributed by atoms with Crippen molar-refractivity contribution in [3.8, 4) is 5.75 Å². The molecule has 6 nitrogen and oxygen atoms in total. The lowest BCUT2D eigenvalue weighted by molar-refractivity contribution is 0.0513. The molecule has 1 heterocycles. The van der Waals surface area contributed by atoms with Crippen LogP contribution in [0.1, 0.15) is 31.7 Å². The number of ether oxygens (including phenoxy) is 3. The maximum atomic E-state index is 5.61. The summed E-state index contributed by atoms with van der Waals surface area (Å²) in [7, 11) is 3.50. The van der Waals surface area contributed by atoms with E-state index in [0.717, 1.165) is 70.5 Å². The van der Waals surface area contributed by atoms with Gasteiger partial charge in [-0.2, -0.15) is 0 Å². The minimum atomic E-state index is 0. The van der Waals surface area contributed by atoms with Crippen LogP contribution >= 0.6 is 24.0 Å². The average molecular weight is 491 g/mol. The second kappa shape index (κ2) is 13.2. The van der Waals surface area contributed by atoms with Crippen molar-refractivity contribution in [1.29, 1.82) is 0 Å². The van der Waals surface area contributed by atoms with Crippen LogP contribution in [0.25, 0.3) is 0 Å². The standard InChI is InChI=1S/C20H33N3O3.HI/c1-4-25-13-5-12-22-19(21-2)23-16-20(10-14-26-15-11-20)17-6-8-18(24-3)9-7-17;/h6-9H,4-5,10-16H2,1-3H3,(H2,21,22,23);1H. The number of nitrogens with one attached hydrogen (secondary N) is 2. The third-order valence-corrected chi connectivity index (χ3v) is 4.93. The van der Waals surface area contributed by atoms with E-state index in [9.17, 15) is 0 Å². The third-order valence-electron chi connectivity index (χ3n) is 4.93. The Bertz CT molecular complexity index is 546. The molecule has 1 aromatic carbocycles. The third kappa shape index (κ3) is 7.46. The van der Waals surface area contributed by atoms with E-state index in [1.54, 1.807) is 7.11 Å². The monoisotopic (exact) mass is 491 g/mol. The quantitative estimate of drug-likeness (QED) is 0.241. The summed E-state index contributed by atoms with van der Waals surface area (Å²) in [6.45, 7) is 6.79. The van der Waals surface area contributed by atoms with Gasteiger partial charge in [-0.1, -0.05) is 12.1 Å². The van der Waals surface area contributed by atoms with Crippen LogP contribution in [0.2, 0.25) is 0 Å². The summed E-state index contributed by atoms with van der Waals surface area (Å²) in [6, 6.07) is 8.41. The van der Waals surface area contributed by atoms with Gasteiger partial charge in [-0.25, -0.2) is 0 Å². The van der Waals surface area contributed by atoms with E-state index >= 15 is 0 Å². The Morgan fingerprint density at radius 1 is 1.19 bits per heavy atom. The van der Waals surface area contributed by atoms with Crippen molar-refractivity contribution < 1.29 is 14.2 Å². The lowest BCUT2D eigenvalue weighted by Crippen LogP contribution is -2.48. The SMILES string of the molecule is CCOCCCNC(=NC)NCC1(c2ccc(OC)cc2)CCOCC1.I. The van der Waals surface area contributed by atoms with Gasteiger partial charge in [0, 0.05) is 52.0 Å². The molecule has 27 heavy (non-hydrogen) atoms. The van der Waals surface area contributed by atoms with Crippen LogP contribution in [0.4, 0.5) is 0 Å². The maximum Gasteiger partial charge on any atom is 0.191 e. The predicted molar refractivity (Wildman–Crippen MR) is 121 cm³/mol. The van der Waals surface area contributed by atoms with Crippen LogP contribution in [0, 0.1) is 0 Å². The van der Waals surface area contributed by atoms with E-state index in [2.05, 4.69) is 27.8 Å². The van der Waals surface area contributed by atoms with Gasteiger partial charge in [0.25, 0.3) is 0 Å². The molecule has 7 heteroatoms. The first-order valence-corrected chi connectivity index (χ1v) is 9.48. The van der Waals surface area contributed by atoms with E-state index < -0.39 is 0 Å². The normalized spacial score (nSPS) is 16.3. The summed E-state index contributed by atoms with van der Waals surface area (Å²) in [5.74, 6) is 1.72. The number of halogens is 1. The first kappa shape index (κ1) is 24.0. The second-order valence-electron chi connectivity index (χ2n) is 6.52. The Balaban J connectivity index is 0.00000364. The van der Waals surface area contributed by atoms with Crippen LogP contribution in [0.5, 0.6) is 5.75 Å². The molecule has 1 aromatic rings. The molecule has 1 aliphatic heterocycles. The van der Waals surface area contributed by atoms with Gasteiger partial charge in [-0.15, -0.1) is 24.0 Å². The van der Waals surface area contributed by atoms with E-state index in [4.69, 9.17) is 14.2 Å². The topological polar surface area (TPSA) is 64.1 Å². The Morgan fingerprint density at radius 3 is 2.48 bits per heavy atom. The number of rotatable bonds is 9. The minimum absolute atomic E-state index is 0. The molecule has 154 valence electrons. The number of nitrogens with zero attached hydrogens (tertiary/aromatic N) is 1. The van der Waals surface area contributed by atoms with E-state index in [1.165, 1.54) is 5.56 Å². The summed E-state index contributed by atoms with van der Waals surface area (Å²) in [4.78, 5) is 4.34. The molecule has 2 N–H and O–H groups in total. The summed E-state index contributed by atoms with van der Waals surface area (Å²) >= 11 is 0. The van der Waals surface area contributed by atoms with Gasteiger partial charge in [-0.3, -0.25) is 4.99 Å². The molecular weight excluding hydrogens is 457 g/mol. The second-order valence-corrected chi connectivity index (χ2v) is 6.52. The highest BCUT2D eigenvalue weighted by Crippen LogP contribution is 2.35. The van der Waals surface area contributed by atoms with Crippen LogP contribution in [-0.2, 0) is 14.9 Å². The Morgan fingerprint density at radius 2 is 1.89 bits per heavy atom. The molecule has 0 atom stereocenters. The molecule has 2 rings (SSSR count). The Kier molecular flexibility index (Phi) is 11.7. The number of hydrogen-bond acceptors (Lipinski definition) is 4. The molecule has 0 saturated carbocycles. The molecule has 0 bridgehead atoms. The van der Waals surface area contributed by atoms with E-state index in [-0.39, 0.29) is 29.4 Å². The van der Waals surface area contributed by atoms with E-state index in [1.807, 2.05) is 26.1 Å². The van der Waals surface area contributed by atoms with Crippen molar-refractivity contribution in [2.45, 2.75) is 31.6 Å². The van der Waals surface area contributed by atoms with E-state index in [0.29, 0.717) is 0 Å². The molecular formula is C20H34IN3O3. The van der Waals surface area contributed by atoms with Gasteiger partial charge in [0.2, 0.25) is 0 Å². The molecule has 0 spiro atoms. The van der Waals surface area contributed by atoms with Gasteiger partial charge >= 0.3 is 0 Å². The highest BCUT2D eigenvalue weighted by molar-refractivity contribution is 14.0. The zero-order valence-electron chi connectivity index (χ0n) is 16.8. The largest absolute Gasteiger partial charge is 0.497 e. The summed E-state index contributed by atoms with van der Waals surface area (Å²) in [5.41, 5.74) is 1.37. The predicted octanol–water partition coefficient (Wildman–Crippen LogP) is 2.95. The number of benzene rings is 1. The van der Waals surface area contributed by atoms with Gasteiger partial charge in [0.05, 0.1) is 7.11 Å². The average Bonchev–Trinajstić information content (AvgIpc) is 2.71. The maximum absolute atomic E-state index is 5.61. The minimum Gasteiger partial charge on any atom is -0.497 e. The van der Waals surface area contributed by atoms with Crippen molar-refractivity contribution in [1.82, 2.24) is 10.6 Å². The highest BCUT2D eigenvalue weighted by Gasteiger charge is 2.34. The summed E-state index contributed by atoms with van der Waals surface area (Å²) in [6.07, 6.45) is 2.95. The summed E-state index contributed by atoms with van der Waals surface area (Å²) in [5, 5.41) is 6.87. The molecule has 0 unspecified atom stereocenters.